The summed E-state index contributed by atoms with van der Waals surface area (Å²) < 4.78 is 14.4. The number of rotatable bonds is 1. The number of pyridine rings is 1. The Hall–Kier alpha value is -3.09. The minimum atomic E-state index is -0.481. The summed E-state index contributed by atoms with van der Waals surface area (Å²) in [5, 5.41) is 4.89. The second kappa shape index (κ2) is 4.20. The van der Waals surface area contributed by atoms with E-state index in [4.69, 9.17) is 0 Å². The lowest BCUT2D eigenvalue weighted by Gasteiger charge is -1.97. The largest absolute Gasteiger partial charge is 0.348 e. The molecule has 4 rings (SSSR count). The van der Waals surface area contributed by atoms with Gasteiger partial charge in [-0.25, -0.2) is 14.2 Å². The molecule has 0 amide bonds. The molecule has 0 unspecified atom stereocenters. The highest BCUT2D eigenvalue weighted by Crippen LogP contribution is 2.19. The van der Waals surface area contributed by atoms with Crippen molar-refractivity contribution in [2.24, 2.45) is 0 Å². The van der Waals surface area contributed by atoms with Gasteiger partial charge in [-0.15, -0.1) is 5.10 Å². The van der Waals surface area contributed by atoms with Gasteiger partial charge < -0.3 is 4.98 Å². The molecule has 6 nitrogen and oxygen atoms in total. The number of H-pyrrole nitrogens is 1. The number of benzene rings is 1. The average Bonchev–Trinajstić information content (AvgIpc) is 2.93. The normalized spacial score (nSPS) is 11.3. The Labute approximate surface area is 116 Å². The van der Waals surface area contributed by atoms with Gasteiger partial charge in [0, 0.05) is 17.1 Å². The van der Waals surface area contributed by atoms with E-state index in [0.29, 0.717) is 16.7 Å². The first-order chi connectivity index (χ1) is 10.2. The highest BCUT2D eigenvalue weighted by Gasteiger charge is 2.12. The fourth-order valence-corrected chi connectivity index (χ4v) is 2.24. The average molecular weight is 281 g/mol. The highest BCUT2D eigenvalue weighted by molar-refractivity contribution is 5.91. The van der Waals surface area contributed by atoms with Crippen LogP contribution >= 0.6 is 0 Å². The lowest BCUT2D eigenvalue weighted by atomic mass is 10.2. The predicted molar refractivity (Wildman–Crippen MR) is 74.3 cm³/mol. The van der Waals surface area contributed by atoms with E-state index in [1.54, 1.807) is 6.07 Å². The van der Waals surface area contributed by atoms with Crippen molar-refractivity contribution in [2.45, 2.75) is 0 Å². The van der Waals surface area contributed by atoms with E-state index >= 15 is 0 Å². The third-order valence-corrected chi connectivity index (χ3v) is 3.17. The first-order valence-electron chi connectivity index (χ1n) is 6.21. The number of para-hydroxylation sites is 1. The Kier molecular flexibility index (Phi) is 2.34. The van der Waals surface area contributed by atoms with Crippen molar-refractivity contribution in [3.63, 3.8) is 0 Å². The molecule has 7 heteroatoms. The molecule has 1 N–H and O–H groups in total. The Morgan fingerprint density at radius 3 is 2.90 bits per heavy atom. The molecule has 21 heavy (non-hydrogen) atoms. The summed E-state index contributed by atoms with van der Waals surface area (Å²) in [5.41, 5.74) is 1.12. The van der Waals surface area contributed by atoms with Gasteiger partial charge in [0.2, 0.25) is 0 Å². The predicted octanol–water partition coefficient (Wildman–Crippen LogP) is 1.77. The summed E-state index contributed by atoms with van der Waals surface area (Å²) in [7, 11) is 0. The number of halogens is 1. The molecule has 0 spiro atoms. The molecule has 0 atom stereocenters. The van der Waals surface area contributed by atoms with Crippen molar-refractivity contribution < 1.29 is 4.39 Å². The number of hydrogen-bond donors (Lipinski definition) is 1. The summed E-state index contributed by atoms with van der Waals surface area (Å²) >= 11 is 0. The van der Waals surface area contributed by atoms with Crippen LogP contribution in [0.25, 0.3) is 27.9 Å². The van der Waals surface area contributed by atoms with E-state index in [1.165, 1.54) is 16.8 Å². The zero-order chi connectivity index (χ0) is 14.4. The summed E-state index contributed by atoms with van der Waals surface area (Å²) in [4.78, 5) is 22.8. The van der Waals surface area contributed by atoms with Crippen LogP contribution in [0.1, 0.15) is 0 Å². The van der Waals surface area contributed by atoms with Crippen LogP contribution in [0, 0.1) is 5.82 Å². The Morgan fingerprint density at radius 1 is 1.19 bits per heavy atom. The molecule has 0 aliphatic heterocycles. The zero-order valence-corrected chi connectivity index (χ0v) is 10.6. The maximum Gasteiger partial charge on any atom is 0.348 e. The molecule has 0 radical (unpaired) electrons. The molecule has 1 aromatic carbocycles. The van der Waals surface area contributed by atoms with Crippen LogP contribution < -0.4 is 5.69 Å². The third kappa shape index (κ3) is 1.78. The monoisotopic (exact) mass is 281 g/mol. The molecule has 3 heterocycles. The molecule has 0 saturated heterocycles. The van der Waals surface area contributed by atoms with Crippen LogP contribution in [-0.4, -0.2) is 24.6 Å². The van der Waals surface area contributed by atoms with Crippen molar-refractivity contribution in [3.05, 3.63) is 59.0 Å². The SMILES string of the molecule is O=c1[nH]c2ccccc2c2nc(-c3cncc(F)c3)nn12. The molecule has 4 aromatic rings. The van der Waals surface area contributed by atoms with Crippen LogP contribution in [0.2, 0.25) is 0 Å². The van der Waals surface area contributed by atoms with E-state index in [2.05, 4.69) is 20.1 Å². The molecule has 0 aliphatic rings. The van der Waals surface area contributed by atoms with Crippen LogP contribution in [0.3, 0.4) is 0 Å². The van der Waals surface area contributed by atoms with Crippen LogP contribution in [0.15, 0.2) is 47.5 Å². The summed E-state index contributed by atoms with van der Waals surface area (Å²) in [5.74, 6) is -0.228. The van der Waals surface area contributed by atoms with Gasteiger partial charge in [-0.1, -0.05) is 12.1 Å². The summed E-state index contributed by atoms with van der Waals surface area (Å²) in [6.07, 6.45) is 2.55. The molecular formula is C14H8FN5O. The standard InChI is InChI=1S/C14H8FN5O/c15-9-5-8(6-16-7-9)12-18-13-10-3-1-2-4-11(10)17-14(21)20(13)19-12/h1-7H,(H,17,21). The summed E-state index contributed by atoms with van der Waals surface area (Å²) in [6, 6.07) is 8.57. The summed E-state index contributed by atoms with van der Waals surface area (Å²) in [6.45, 7) is 0. The van der Waals surface area contributed by atoms with E-state index in [-0.39, 0.29) is 5.82 Å². The van der Waals surface area contributed by atoms with Gasteiger partial charge in [0.25, 0.3) is 0 Å². The number of aromatic amines is 1. The van der Waals surface area contributed by atoms with Crippen molar-refractivity contribution in [1.29, 1.82) is 0 Å². The second-order valence-electron chi connectivity index (χ2n) is 4.54. The van der Waals surface area contributed by atoms with Crippen molar-refractivity contribution in [3.8, 4) is 11.4 Å². The molecule has 0 aliphatic carbocycles. The highest BCUT2D eigenvalue weighted by atomic mass is 19.1. The molecule has 3 aromatic heterocycles. The lowest BCUT2D eigenvalue weighted by Crippen LogP contribution is -2.17. The molecule has 0 saturated carbocycles. The minimum absolute atomic E-state index is 0.254. The molecule has 102 valence electrons. The van der Waals surface area contributed by atoms with Crippen LogP contribution in [0.4, 0.5) is 4.39 Å². The number of hydrogen-bond acceptors (Lipinski definition) is 4. The lowest BCUT2D eigenvalue weighted by molar-refractivity contribution is 0.622. The molecular weight excluding hydrogens is 273 g/mol. The number of nitrogens with zero attached hydrogens (tertiary/aromatic N) is 4. The third-order valence-electron chi connectivity index (χ3n) is 3.17. The molecule has 0 fully saturated rings. The quantitative estimate of drug-likeness (QED) is 0.577. The van der Waals surface area contributed by atoms with Gasteiger partial charge in [0.1, 0.15) is 5.82 Å². The Balaban J connectivity index is 2.08. The topological polar surface area (TPSA) is 75.9 Å². The van der Waals surface area contributed by atoms with E-state index in [1.807, 2.05) is 18.2 Å². The van der Waals surface area contributed by atoms with Crippen molar-refractivity contribution >= 4 is 16.6 Å². The second-order valence-corrected chi connectivity index (χ2v) is 4.54. The van der Waals surface area contributed by atoms with E-state index in [9.17, 15) is 9.18 Å². The van der Waals surface area contributed by atoms with Gasteiger partial charge in [0.05, 0.1) is 11.7 Å². The Morgan fingerprint density at radius 2 is 2.05 bits per heavy atom. The van der Waals surface area contributed by atoms with Gasteiger partial charge in [-0.3, -0.25) is 4.98 Å². The molecule has 0 bridgehead atoms. The first kappa shape index (κ1) is 11.7. The maximum atomic E-state index is 13.2. The first-order valence-corrected chi connectivity index (χ1v) is 6.21. The smallest absolute Gasteiger partial charge is 0.305 e. The zero-order valence-electron chi connectivity index (χ0n) is 10.6. The van der Waals surface area contributed by atoms with Gasteiger partial charge in [-0.05, 0) is 18.2 Å². The number of nitrogens with one attached hydrogen (secondary N) is 1. The number of aromatic nitrogens is 5. The van der Waals surface area contributed by atoms with E-state index < -0.39 is 11.5 Å². The Bertz CT molecular complexity index is 1040. The van der Waals surface area contributed by atoms with Crippen LogP contribution in [0.5, 0.6) is 0 Å². The van der Waals surface area contributed by atoms with Gasteiger partial charge >= 0.3 is 5.69 Å². The van der Waals surface area contributed by atoms with Crippen LogP contribution in [-0.2, 0) is 0 Å². The van der Waals surface area contributed by atoms with Gasteiger partial charge in [0.15, 0.2) is 11.5 Å². The minimum Gasteiger partial charge on any atom is -0.305 e. The fraction of sp³-hybridized carbons (Fsp3) is 0. The van der Waals surface area contributed by atoms with Crippen molar-refractivity contribution in [1.82, 2.24) is 24.6 Å². The number of fused-ring (bicyclic) bond motifs is 3. The van der Waals surface area contributed by atoms with Crippen molar-refractivity contribution in [2.75, 3.05) is 0 Å². The van der Waals surface area contributed by atoms with E-state index in [0.717, 1.165) is 11.6 Å². The van der Waals surface area contributed by atoms with Gasteiger partial charge in [-0.2, -0.15) is 4.52 Å². The fourth-order valence-electron chi connectivity index (χ4n) is 2.24. The maximum absolute atomic E-state index is 13.2.